The molecule has 110 valence electrons. The van der Waals surface area contributed by atoms with Crippen molar-refractivity contribution in [2.24, 2.45) is 0 Å². The first-order valence-electron chi connectivity index (χ1n) is 6.19. The van der Waals surface area contributed by atoms with E-state index in [9.17, 15) is 14.0 Å². The van der Waals surface area contributed by atoms with E-state index in [0.29, 0.717) is 10.5 Å². The smallest absolute Gasteiger partial charge is 0.326 e. The van der Waals surface area contributed by atoms with E-state index in [1.54, 1.807) is 13.0 Å². The topological polar surface area (TPSA) is 57.6 Å². The summed E-state index contributed by atoms with van der Waals surface area (Å²) in [6.45, 7) is 1.67. The Kier molecular flexibility index (Phi) is 4.74. The van der Waals surface area contributed by atoms with Gasteiger partial charge >= 0.3 is 5.97 Å². The van der Waals surface area contributed by atoms with Crippen molar-refractivity contribution in [3.8, 4) is 0 Å². The molecule has 1 saturated heterocycles. The molecule has 7 heteroatoms. The molecule has 1 unspecified atom stereocenters. The summed E-state index contributed by atoms with van der Waals surface area (Å²) in [5.41, 5.74) is 0.527. The summed E-state index contributed by atoms with van der Waals surface area (Å²) in [5.74, 6) is -1.96. The average Bonchev–Trinajstić information content (AvgIpc) is 2.67. The molecule has 0 saturated carbocycles. The third kappa shape index (κ3) is 3.30. The first-order valence-corrected chi connectivity index (χ1v) is 7.42. The first kappa shape index (κ1) is 15.7. The van der Waals surface area contributed by atoms with Gasteiger partial charge in [0.15, 0.2) is 0 Å². The van der Waals surface area contributed by atoms with Gasteiger partial charge in [-0.15, -0.1) is 0 Å². The maximum absolute atomic E-state index is 13.1. The summed E-state index contributed by atoms with van der Waals surface area (Å²) in [4.78, 5) is 24.9. The van der Waals surface area contributed by atoms with Gasteiger partial charge in [0.05, 0.1) is 4.91 Å². The number of aliphatic carboxylic acids is 1. The summed E-state index contributed by atoms with van der Waals surface area (Å²) in [5, 5.41) is 9.15. The van der Waals surface area contributed by atoms with Gasteiger partial charge in [0.2, 0.25) is 0 Å². The lowest BCUT2D eigenvalue weighted by molar-refractivity contribution is -0.145. The molecule has 0 aliphatic carbocycles. The van der Waals surface area contributed by atoms with Gasteiger partial charge in [-0.05, 0) is 30.2 Å². The second kappa shape index (κ2) is 6.36. The van der Waals surface area contributed by atoms with Crippen LogP contribution in [0.3, 0.4) is 0 Å². The van der Waals surface area contributed by atoms with Crippen LogP contribution in [0.1, 0.15) is 18.9 Å². The highest BCUT2D eigenvalue weighted by molar-refractivity contribution is 8.26. The molecule has 1 aromatic rings. The second-order valence-corrected chi connectivity index (χ2v) is 6.04. The number of hydrogen-bond acceptors (Lipinski definition) is 4. The second-order valence-electron chi connectivity index (χ2n) is 4.37. The number of carbonyl (C=O) groups is 2. The Labute approximate surface area is 130 Å². The molecule has 0 aromatic heterocycles. The molecule has 2 rings (SSSR count). The molecule has 1 aromatic carbocycles. The number of hydrogen-bond donors (Lipinski definition) is 1. The maximum atomic E-state index is 13.1. The number of halogens is 1. The summed E-state index contributed by atoms with van der Waals surface area (Å²) < 4.78 is 13.4. The molecule has 1 heterocycles. The van der Waals surface area contributed by atoms with Crippen molar-refractivity contribution in [2.45, 2.75) is 19.4 Å². The van der Waals surface area contributed by atoms with Crippen LogP contribution in [0.15, 0.2) is 29.2 Å². The van der Waals surface area contributed by atoms with Gasteiger partial charge in [-0.2, -0.15) is 0 Å². The minimum absolute atomic E-state index is 0.205. The highest BCUT2D eigenvalue weighted by Gasteiger charge is 2.39. The number of amides is 1. The van der Waals surface area contributed by atoms with Crippen LogP contribution in [0, 0.1) is 5.82 Å². The van der Waals surface area contributed by atoms with Crippen molar-refractivity contribution in [2.75, 3.05) is 0 Å². The largest absolute Gasteiger partial charge is 0.480 e. The van der Waals surface area contributed by atoms with E-state index >= 15 is 0 Å². The number of rotatable bonds is 4. The number of carbonyl (C=O) groups excluding carboxylic acids is 1. The third-order valence-corrected chi connectivity index (χ3v) is 4.28. The van der Waals surface area contributed by atoms with Gasteiger partial charge in [-0.3, -0.25) is 9.69 Å². The molecule has 1 atom stereocenters. The fourth-order valence-electron chi connectivity index (χ4n) is 1.96. The van der Waals surface area contributed by atoms with E-state index < -0.39 is 23.7 Å². The van der Waals surface area contributed by atoms with E-state index in [2.05, 4.69) is 0 Å². The van der Waals surface area contributed by atoms with Gasteiger partial charge in [0.1, 0.15) is 16.2 Å². The lowest BCUT2D eigenvalue weighted by Crippen LogP contribution is -2.43. The minimum Gasteiger partial charge on any atom is -0.480 e. The normalized spacial score (nSPS) is 18.4. The average molecular weight is 325 g/mol. The zero-order valence-corrected chi connectivity index (χ0v) is 12.7. The van der Waals surface area contributed by atoms with Gasteiger partial charge in [0, 0.05) is 0 Å². The third-order valence-electron chi connectivity index (χ3n) is 2.95. The molecule has 4 nitrogen and oxygen atoms in total. The fourth-order valence-corrected chi connectivity index (χ4v) is 3.32. The van der Waals surface area contributed by atoms with Gasteiger partial charge in [0.25, 0.3) is 5.91 Å². The maximum Gasteiger partial charge on any atom is 0.326 e. The van der Waals surface area contributed by atoms with Crippen molar-refractivity contribution >= 4 is 46.3 Å². The lowest BCUT2D eigenvalue weighted by atomic mass is 10.1. The van der Waals surface area contributed by atoms with Crippen LogP contribution in [-0.2, 0) is 9.59 Å². The monoisotopic (exact) mass is 325 g/mol. The summed E-state index contributed by atoms with van der Waals surface area (Å²) in [6, 6.07) is 4.81. The van der Waals surface area contributed by atoms with Crippen molar-refractivity contribution < 1.29 is 19.1 Å². The molecule has 0 radical (unpaired) electrons. The molecule has 1 fully saturated rings. The van der Waals surface area contributed by atoms with Crippen LogP contribution in [0.5, 0.6) is 0 Å². The van der Waals surface area contributed by atoms with Crippen LogP contribution < -0.4 is 0 Å². The Bertz CT molecular complexity index is 645. The van der Waals surface area contributed by atoms with E-state index in [1.807, 2.05) is 0 Å². The first-order chi connectivity index (χ1) is 9.93. The van der Waals surface area contributed by atoms with Gasteiger partial charge in [-0.25, -0.2) is 9.18 Å². The number of carboxylic acid groups (broad SMARTS) is 1. The molecule has 21 heavy (non-hydrogen) atoms. The van der Waals surface area contributed by atoms with Crippen molar-refractivity contribution in [1.29, 1.82) is 0 Å². The van der Waals surface area contributed by atoms with Gasteiger partial charge < -0.3 is 5.11 Å². The van der Waals surface area contributed by atoms with Crippen LogP contribution in [0.4, 0.5) is 4.39 Å². The SMILES string of the molecule is CCC(C(=O)O)N1C(=O)C(=Cc2cccc(F)c2)SC1=S. The Balaban J connectivity index is 2.31. The Morgan fingerprint density at radius 3 is 2.86 bits per heavy atom. The highest BCUT2D eigenvalue weighted by atomic mass is 32.2. The predicted octanol–water partition coefficient (Wildman–Crippen LogP) is 2.89. The van der Waals surface area contributed by atoms with Crippen LogP contribution in [-0.4, -0.2) is 32.2 Å². The molecule has 0 spiro atoms. The number of thioether (sulfide) groups is 1. The van der Waals surface area contributed by atoms with Crippen LogP contribution in [0.25, 0.3) is 6.08 Å². The van der Waals surface area contributed by atoms with E-state index in [4.69, 9.17) is 17.3 Å². The zero-order chi connectivity index (χ0) is 15.6. The summed E-state index contributed by atoms with van der Waals surface area (Å²) in [6.07, 6.45) is 1.77. The number of thiocarbonyl (C=S) groups is 1. The van der Waals surface area contributed by atoms with E-state index in [0.717, 1.165) is 16.7 Å². The summed E-state index contributed by atoms with van der Waals surface area (Å²) >= 11 is 6.11. The summed E-state index contributed by atoms with van der Waals surface area (Å²) in [7, 11) is 0. The van der Waals surface area contributed by atoms with E-state index in [-0.39, 0.29) is 10.7 Å². The molecule has 0 bridgehead atoms. The number of carboxylic acids is 1. The molecule has 1 N–H and O–H groups in total. The van der Waals surface area contributed by atoms with Crippen LogP contribution >= 0.6 is 24.0 Å². The van der Waals surface area contributed by atoms with Crippen molar-refractivity contribution in [3.05, 3.63) is 40.6 Å². The zero-order valence-electron chi connectivity index (χ0n) is 11.1. The van der Waals surface area contributed by atoms with Crippen molar-refractivity contribution in [1.82, 2.24) is 4.90 Å². The quantitative estimate of drug-likeness (QED) is 0.681. The molecular formula is C14H12FNO3S2. The minimum atomic E-state index is -1.10. The fraction of sp³-hybridized carbons (Fsp3) is 0.214. The van der Waals surface area contributed by atoms with Crippen molar-refractivity contribution in [3.63, 3.8) is 0 Å². The molecule has 1 aliphatic heterocycles. The van der Waals surface area contributed by atoms with Gasteiger partial charge in [-0.1, -0.05) is 43.0 Å². The van der Waals surface area contributed by atoms with E-state index in [1.165, 1.54) is 24.3 Å². The Hall–Kier alpha value is -1.73. The molecular weight excluding hydrogens is 313 g/mol. The Morgan fingerprint density at radius 1 is 1.57 bits per heavy atom. The predicted molar refractivity (Wildman–Crippen MR) is 83.1 cm³/mol. The number of nitrogens with zero attached hydrogens (tertiary/aromatic N) is 1. The number of benzene rings is 1. The highest BCUT2D eigenvalue weighted by Crippen LogP contribution is 2.34. The molecule has 1 amide bonds. The van der Waals surface area contributed by atoms with Crippen LogP contribution in [0.2, 0.25) is 0 Å². The lowest BCUT2D eigenvalue weighted by Gasteiger charge is -2.21. The standard InChI is InChI=1S/C14H12FNO3S2/c1-2-10(13(18)19)16-12(17)11(21-14(16)20)7-8-4-3-5-9(15)6-8/h3-7,10H,2H2,1H3,(H,18,19). The Morgan fingerprint density at radius 2 is 2.29 bits per heavy atom. The molecule has 1 aliphatic rings.